The summed E-state index contributed by atoms with van der Waals surface area (Å²) in [4.78, 5) is 24.0. The van der Waals surface area contributed by atoms with E-state index in [1.807, 2.05) is 49.9 Å². The Hall–Kier alpha value is -1.53. The van der Waals surface area contributed by atoms with Gasteiger partial charge < -0.3 is 16.0 Å². The van der Waals surface area contributed by atoms with Gasteiger partial charge in [-0.25, -0.2) is 0 Å². The minimum atomic E-state index is -0.00535. The molecular formula is C18H27N3O2S. The van der Waals surface area contributed by atoms with Crippen molar-refractivity contribution < 1.29 is 9.59 Å². The molecular weight excluding hydrogens is 322 g/mol. The van der Waals surface area contributed by atoms with Crippen molar-refractivity contribution in [1.29, 1.82) is 0 Å². The minimum absolute atomic E-state index is 0.00535. The van der Waals surface area contributed by atoms with Gasteiger partial charge in [-0.3, -0.25) is 9.59 Å². The molecule has 0 aromatic heterocycles. The summed E-state index contributed by atoms with van der Waals surface area (Å²) in [6, 6.07) is 7.90. The maximum Gasteiger partial charge on any atom is 0.227 e. The van der Waals surface area contributed by atoms with Crippen molar-refractivity contribution >= 4 is 29.3 Å². The molecule has 0 spiro atoms. The van der Waals surface area contributed by atoms with Crippen LogP contribution < -0.4 is 16.0 Å². The molecule has 1 fully saturated rings. The van der Waals surface area contributed by atoms with Crippen LogP contribution >= 0.6 is 11.8 Å². The van der Waals surface area contributed by atoms with Gasteiger partial charge >= 0.3 is 0 Å². The van der Waals surface area contributed by atoms with Gasteiger partial charge in [-0.1, -0.05) is 26.0 Å². The van der Waals surface area contributed by atoms with Gasteiger partial charge in [-0.15, -0.1) is 0 Å². The molecule has 0 aliphatic carbocycles. The van der Waals surface area contributed by atoms with E-state index in [1.54, 1.807) is 0 Å². The fourth-order valence-corrected chi connectivity index (χ4v) is 3.41. The van der Waals surface area contributed by atoms with Crippen LogP contribution in [0.15, 0.2) is 24.3 Å². The van der Waals surface area contributed by atoms with Gasteiger partial charge in [0.25, 0.3) is 0 Å². The predicted molar refractivity (Wildman–Crippen MR) is 100 cm³/mol. The van der Waals surface area contributed by atoms with Gasteiger partial charge in [0.15, 0.2) is 0 Å². The van der Waals surface area contributed by atoms with Crippen LogP contribution in [-0.4, -0.2) is 35.9 Å². The lowest BCUT2D eigenvalue weighted by Gasteiger charge is -2.22. The first-order chi connectivity index (χ1) is 11.6. The zero-order chi connectivity index (χ0) is 17.4. The van der Waals surface area contributed by atoms with Crippen molar-refractivity contribution in [3.8, 4) is 0 Å². The molecule has 1 aromatic rings. The van der Waals surface area contributed by atoms with Crippen LogP contribution in [0.5, 0.6) is 0 Å². The maximum absolute atomic E-state index is 12.0. The van der Waals surface area contributed by atoms with Crippen molar-refractivity contribution in [2.45, 2.75) is 39.3 Å². The number of rotatable bonds is 7. The third kappa shape index (κ3) is 6.17. The molecule has 0 radical (unpaired) electrons. The smallest absolute Gasteiger partial charge is 0.227 e. The van der Waals surface area contributed by atoms with Crippen molar-refractivity contribution in [1.82, 2.24) is 10.6 Å². The largest absolute Gasteiger partial charge is 0.352 e. The molecule has 0 saturated carbocycles. The Morgan fingerprint density at radius 1 is 1.42 bits per heavy atom. The van der Waals surface area contributed by atoms with E-state index in [4.69, 9.17) is 0 Å². The number of nitrogens with one attached hydrogen (secondary N) is 3. The van der Waals surface area contributed by atoms with Crippen LogP contribution in [0.25, 0.3) is 0 Å². The highest BCUT2D eigenvalue weighted by atomic mass is 32.2. The number of benzene rings is 1. The van der Waals surface area contributed by atoms with Crippen LogP contribution in [-0.2, 0) is 16.1 Å². The topological polar surface area (TPSA) is 70.2 Å². The average Bonchev–Trinajstić information content (AvgIpc) is 2.60. The van der Waals surface area contributed by atoms with Gasteiger partial charge in [-0.2, -0.15) is 11.8 Å². The van der Waals surface area contributed by atoms with E-state index in [1.165, 1.54) is 0 Å². The summed E-state index contributed by atoms with van der Waals surface area (Å²) in [6.07, 6.45) is 1.33. The number of carbonyl (C=O) groups is 2. The Morgan fingerprint density at radius 3 is 2.96 bits per heavy atom. The van der Waals surface area contributed by atoms with Crippen molar-refractivity contribution in [2.24, 2.45) is 5.92 Å². The van der Waals surface area contributed by atoms with E-state index in [0.717, 1.165) is 35.7 Å². The van der Waals surface area contributed by atoms with E-state index < -0.39 is 0 Å². The Labute approximate surface area is 148 Å². The highest BCUT2D eigenvalue weighted by Crippen LogP contribution is 2.14. The third-order valence-corrected chi connectivity index (χ3v) is 5.31. The molecule has 1 heterocycles. The summed E-state index contributed by atoms with van der Waals surface area (Å²) < 4.78 is 0. The molecule has 132 valence electrons. The Morgan fingerprint density at radius 2 is 2.25 bits per heavy atom. The number of hydrogen-bond donors (Lipinski definition) is 3. The van der Waals surface area contributed by atoms with Gasteiger partial charge in [-0.05, 0) is 24.1 Å². The van der Waals surface area contributed by atoms with Crippen LogP contribution in [0.3, 0.4) is 0 Å². The van der Waals surface area contributed by atoms with E-state index in [-0.39, 0.29) is 23.8 Å². The highest BCUT2D eigenvalue weighted by molar-refractivity contribution is 7.99. The molecule has 2 rings (SSSR count). The van der Waals surface area contributed by atoms with Gasteiger partial charge in [0.1, 0.15) is 0 Å². The Bertz CT molecular complexity index is 559. The molecule has 0 bridgehead atoms. The Balaban J connectivity index is 1.80. The summed E-state index contributed by atoms with van der Waals surface area (Å²) in [6.45, 7) is 5.36. The molecule has 1 aromatic carbocycles. The monoisotopic (exact) mass is 349 g/mol. The van der Waals surface area contributed by atoms with Crippen LogP contribution in [0.1, 0.15) is 32.3 Å². The van der Waals surface area contributed by atoms with E-state index >= 15 is 0 Å². The lowest BCUT2D eigenvalue weighted by Crippen LogP contribution is -2.41. The Kier molecular flexibility index (Phi) is 7.59. The van der Waals surface area contributed by atoms with Gasteiger partial charge in [0.2, 0.25) is 11.8 Å². The lowest BCUT2D eigenvalue weighted by atomic mass is 10.1. The van der Waals surface area contributed by atoms with Crippen LogP contribution in [0, 0.1) is 5.92 Å². The zero-order valence-corrected chi connectivity index (χ0v) is 15.2. The van der Waals surface area contributed by atoms with Crippen LogP contribution in [0.2, 0.25) is 0 Å². The number of anilines is 1. The lowest BCUT2D eigenvalue weighted by molar-refractivity contribution is -0.121. The summed E-state index contributed by atoms with van der Waals surface area (Å²) in [5.74, 6) is 2.19. The van der Waals surface area contributed by atoms with Crippen molar-refractivity contribution in [2.75, 3.05) is 23.4 Å². The molecule has 1 aliphatic heterocycles. The second kappa shape index (κ2) is 9.69. The van der Waals surface area contributed by atoms with E-state index in [2.05, 4.69) is 16.0 Å². The highest BCUT2D eigenvalue weighted by Gasteiger charge is 2.16. The second-order valence-electron chi connectivity index (χ2n) is 6.21. The molecule has 2 atom stereocenters. The third-order valence-electron chi connectivity index (χ3n) is 4.17. The van der Waals surface area contributed by atoms with Gasteiger partial charge in [0, 0.05) is 48.7 Å². The number of hydrogen-bond acceptors (Lipinski definition) is 4. The maximum atomic E-state index is 12.0. The quantitative estimate of drug-likeness (QED) is 0.707. The second-order valence-corrected chi connectivity index (χ2v) is 7.36. The summed E-state index contributed by atoms with van der Waals surface area (Å²) >= 11 is 1.89. The van der Waals surface area contributed by atoms with Crippen LogP contribution in [0.4, 0.5) is 5.69 Å². The van der Waals surface area contributed by atoms with Gasteiger partial charge in [0.05, 0.1) is 0 Å². The zero-order valence-electron chi connectivity index (χ0n) is 14.4. The molecule has 3 N–H and O–H groups in total. The molecule has 6 heteroatoms. The molecule has 1 aliphatic rings. The first-order valence-corrected chi connectivity index (χ1v) is 9.71. The first kappa shape index (κ1) is 18.8. The fraction of sp³-hybridized carbons (Fsp3) is 0.556. The molecule has 2 amide bonds. The van der Waals surface area contributed by atoms with E-state index in [9.17, 15) is 9.59 Å². The average molecular weight is 350 g/mol. The van der Waals surface area contributed by atoms with E-state index in [0.29, 0.717) is 13.0 Å². The number of thioether (sulfide) groups is 1. The standard InChI is InChI=1S/C18H27N3O2S/c1-3-13(2)18(23)21-15-6-4-5-14(9-15)11-20-17(22)10-16-12-24-8-7-19-16/h4-6,9,13,16,19H,3,7-8,10-12H2,1-2H3,(H,20,22)(H,21,23). The molecule has 24 heavy (non-hydrogen) atoms. The SMILES string of the molecule is CCC(C)C(=O)Nc1cccc(CNC(=O)CC2CSCCN2)c1. The molecule has 2 unspecified atom stereocenters. The summed E-state index contributed by atoms with van der Waals surface area (Å²) in [5, 5.41) is 9.25. The van der Waals surface area contributed by atoms with Crippen molar-refractivity contribution in [3.05, 3.63) is 29.8 Å². The predicted octanol–water partition coefficient (Wildman–Crippen LogP) is 2.38. The molecule has 1 saturated heterocycles. The van der Waals surface area contributed by atoms with Crippen molar-refractivity contribution in [3.63, 3.8) is 0 Å². The number of amides is 2. The summed E-state index contributed by atoms with van der Waals surface area (Å²) in [7, 11) is 0. The molecule has 5 nitrogen and oxygen atoms in total. The summed E-state index contributed by atoms with van der Waals surface area (Å²) in [5.41, 5.74) is 1.76. The normalized spacial score (nSPS) is 18.7. The number of carbonyl (C=O) groups excluding carboxylic acids is 2. The minimum Gasteiger partial charge on any atom is -0.352 e. The first-order valence-electron chi connectivity index (χ1n) is 8.56. The fourth-order valence-electron chi connectivity index (χ4n) is 2.46.